The molecule has 0 radical (unpaired) electrons. The molecule has 1 aromatic heterocycles. The van der Waals surface area contributed by atoms with Crippen molar-refractivity contribution in [1.29, 1.82) is 0 Å². The molecule has 0 bridgehead atoms. The summed E-state index contributed by atoms with van der Waals surface area (Å²) >= 11 is 0. The van der Waals surface area contributed by atoms with Crippen LogP contribution in [0.25, 0.3) is 11.1 Å². The van der Waals surface area contributed by atoms with Gasteiger partial charge >= 0.3 is 5.97 Å². The Kier molecular flexibility index (Phi) is 8.11. The number of ether oxygens (including phenoxy) is 1. The van der Waals surface area contributed by atoms with E-state index in [1.54, 1.807) is 12.5 Å². The fraction of sp³-hybridized carbons (Fsp3) is 0.125. The summed E-state index contributed by atoms with van der Waals surface area (Å²) in [5.74, 6) is -1.68. The van der Waals surface area contributed by atoms with Gasteiger partial charge in [0.15, 0.2) is 0 Å². The number of benzene rings is 5. The molecule has 0 unspecified atom stereocenters. The van der Waals surface area contributed by atoms with Gasteiger partial charge in [0, 0.05) is 24.2 Å². The van der Waals surface area contributed by atoms with Crippen LogP contribution in [0, 0.1) is 0 Å². The number of hydrogen-bond donors (Lipinski definition) is 2. The second-order valence-electron chi connectivity index (χ2n) is 11.5. The van der Waals surface area contributed by atoms with E-state index in [4.69, 9.17) is 4.74 Å². The minimum Gasteiger partial charge on any atom is -0.459 e. The van der Waals surface area contributed by atoms with E-state index >= 15 is 0 Å². The molecular weight excluding hydrogens is 570 g/mol. The number of esters is 1. The van der Waals surface area contributed by atoms with E-state index in [0.717, 1.165) is 44.6 Å². The first-order chi connectivity index (χ1) is 22.6. The quantitative estimate of drug-likeness (QED) is 0.0964. The van der Waals surface area contributed by atoms with Crippen molar-refractivity contribution < 1.29 is 14.3 Å². The summed E-state index contributed by atoms with van der Waals surface area (Å²) in [5.41, 5.74) is 6.99. The Labute approximate surface area is 268 Å². The van der Waals surface area contributed by atoms with Gasteiger partial charge in [-0.15, -0.1) is 0 Å². The van der Waals surface area contributed by atoms with E-state index in [0.29, 0.717) is 0 Å². The molecule has 2 N–H and O–H groups in total. The molecule has 1 atom stereocenters. The van der Waals surface area contributed by atoms with E-state index in [1.807, 2.05) is 115 Å². The minimum atomic E-state index is -0.965. The molecule has 0 spiro atoms. The number of nitrogens with zero attached hydrogens (tertiary/aromatic N) is 1. The number of imidazole rings is 1. The van der Waals surface area contributed by atoms with Crippen molar-refractivity contribution in [3.63, 3.8) is 0 Å². The fourth-order valence-electron chi connectivity index (χ4n) is 6.71. The fourth-order valence-corrected chi connectivity index (χ4v) is 6.71. The lowest BCUT2D eigenvalue weighted by Crippen LogP contribution is -2.55. The molecule has 0 aliphatic heterocycles. The van der Waals surface area contributed by atoms with Gasteiger partial charge in [-0.3, -0.25) is 10.1 Å². The van der Waals surface area contributed by atoms with Gasteiger partial charge in [0.05, 0.1) is 17.9 Å². The van der Waals surface area contributed by atoms with Crippen LogP contribution in [0.1, 0.15) is 39.4 Å². The average molecular weight is 604 g/mol. The Morgan fingerprint density at radius 3 is 1.65 bits per heavy atom. The summed E-state index contributed by atoms with van der Waals surface area (Å²) in [4.78, 5) is 35.3. The molecule has 1 aliphatic carbocycles. The van der Waals surface area contributed by atoms with Crippen molar-refractivity contribution in [2.45, 2.75) is 23.9 Å². The molecule has 1 aliphatic rings. The number of carbonyl (C=O) groups is 2. The Balaban J connectivity index is 1.25. The summed E-state index contributed by atoms with van der Waals surface area (Å²) in [6.07, 6.45) is 3.45. The molecular formula is C40H33N3O3. The molecule has 226 valence electrons. The Hall–Kier alpha value is -5.59. The third-order valence-corrected chi connectivity index (χ3v) is 8.85. The molecule has 6 heteroatoms. The van der Waals surface area contributed by atoms with Gasteiger partial charge in [0.2, 0.25) is 0 Å². The number of aromatic nitrogens is 2. The number of ketones is 1. The maximum atomic E-state index is 14.3. The largest absolute Gasteiger partial charge is 0.459 e. The van der Waals surface area contributed by atoms with Crippen LogP contribution in [-0.4, -0.2) is 34.4 Å². The van der Waals surface area contributed by atoms with E-state index in [1.165, 1.54) is 0 Å². The SMILES string of the molecule is O=C(OCC1c2ccccc2-c2ccccc21)C(=O)[C@H](Cc1cnc[nH]1)NC(c1ccccc1)(c1ccccc1)c1ccccc1. The van der Waals surface area contributed by atoms with Gasteiger partial charge in [0.25, 0.3) is 5.78 Å². The summed E-state index contributed by atoms with van der Waals surface area (Å²) in [5, 5.41) is 3.70. The second-order valence-corrected chi connectivity index (χ2v) is 11.5. The zero-order valence-electron chi connectivity index (χ0n) is 25.2. The lowest BCUT2D eigenvalue weighted by molar-refractivity contribution is -0.155. The highest BCUT2D eigenvalue weighted by Crippen LogP contribution is 2.44. The van der Waals surface area contributed by atoms with E-state index in [-0.39, 0.29) is 18.9 Å². The van der Waals surface area contributed by atoms with E-state index < -0.39 is 23.3 Å². The zero-order chi connectivity index (χ0) is 31.3. The van der Waals surface area contributed by atoms with E-state index in [9.17, 15) is 9.59 Å². The monoisotopic (exact) mass is 603 g/mol. The van der Waals surface area contributed by atoms with Crippen LogP contribution in [0.2, 0.25) is 0 Å². The number of carbonyl (C=O) groups excluding carboxylic acids is 2. The van der Waals surface area contributed by atoms with Crippen molar-refractivity contribution in [1.82, 2.24) is 15.3 Å². The third-order valence-electron chi connectivity index (χ3n) is 8.85. The number of hydrogen-bond acceptors (Lipinski definition) is 5. The first-order valence-corrected chi connectivity index (χ1v) is 15.5. The van der Waals surface area contributed by atoms with Gasteiger partial charge < -0.3 is 9.72 Å². The number of nitrogens with one attached hydrogen (secondary N) is 2. The van der Waals surface area contributed by atoms with Gasteiger partial charge in [-0.05, 0) is 38.9 Å². The number of fused-ring (bicyclic) bond motifs is 3. The maximum Gasteiger partial charge on any atom is 0.376 e. The minimum absolute atomic E-state index is 0.0660. The maximum absolute atomic E-state index is 14.3. The molecule has 46 heavy (non-hydrogen) atoms. The highest BCUT2D eigenvalue weighted by molar-refractivity contribution is 6.35. The van der Waals surface area contributed by atoms with Crippen molar-refractivity contribution >= 4 is 11.8 Å². The van der Waals surface area contributed by atoms with Gasteiger partial charge in [0.1, 0.15) is 6.61 Å². The van der Waals surface area contributed by atoms with Crippen LogP contribution >= 0.6 is 0 Å². The first-order valence-electron chi connectivity index (χ1n) is 15.5. The van der Waals surface area contributed by atoms with Crippen LogP contribution in [0.4, 0.5) is 0 Å². The van der Waals surface area contributed by atoms with Crippen molar-refractivity contribution in [2.75, 3.05) is 6.61 Å². The van der Waals surface area contributed by atoms with Gasteiger partial charge in [-0.25, -0.2) is 9.78 Å². The molecule has 5 aromatic carbocycles. The summed E-state index contributed by atoms with van der Waals surface area (Å²) < 4.78 is 5.88. The molecule has 1 heterocycles. The second kappa shape index (κ2) is 12.8. The standard InChI is InChI=1S/C40H33N3O3/c44-38(39(45)46-26-36-34-22-12-10-20-32(34)33-21-11-13-23-35(33)36)37(24-31-25-41-27-42-31)43-40(28-14-4-1-5-15-28,29-16-6-2-7-17-29)30-18-8-3-9-19-30/h1-23,25,27,36-37,43H,24,26H2,(H,41,42)/t37-/m0/s1. The molecule has 6 nitrogen and oxygen atoms in total. The van der Waals surface area contributed by atoms with Crippen LogP contribution in [0.3, 0.4) is 0 Å². The Morgan fingerprint density at radius 2 is 1.17 bits per heavy atom. The Morgan fingerprint density at radius 1 is 0.696 bits per heavy atom. The third kappa shape index (κ3) is 5.44. The Bertz CT molecular complexity index is 1800. The smallest absolute Gasteiger partial charge is 0.376 e. The topological polar surface area (TPSA) is 84.1 Å². The molecule has 0 saturated carbocycles. The number of rotatable bonds is 11. The normalized spacial score (nSPS) is 13.0. The van der Waals surface area contributed by atoms with Gasteiger partial charge in [-0.2, -0.15) is 0 Å². The summed E-state index contributed by atoms with van der Waals surface area (Å²) in [6, 6.07) is 45.4. The lowest BCUT2D eigenvalue weighted by Gasteiger charge is -2.39. The molecule has 0 saturated heterocycles. The lowest BCUT2D eigenvalue weighted by atomic mass is 9.76. The van der Waals surface area contributed by atoms with Crippen molar-refractivity contribution in [2.24, 2.45) is 0 Å². The van der Waals surface area contributed by atoms with Crippen molar-refractivity contribution in [3.8, 4) is 11.1 Å². The highest BCUT2D eigenvalue weighted by Gasteiger charge is 2.42. The molecule has 7 rings (SSSR count). The molecule has 0 fully saturated rings. The van der Waals surface area contributed by atoms with Crippen LogP contribution < -0.4 is 5.32 Å². The van der Waals surface area contributed by atoms with Crippen molar-refractivity contribution in [3.05, 3.63) is 186 Å². The summed E-state index contributed by atoms with van der Waals surface area (Å²) in [7, 11) is 0. The van der Waals surface area contributed by atoms with Gasteiger partial charge in [-0.1, -0.05) is 140 Å². The van der Waals surface area contributed by atoms with E-state index in [2.05, 4.69) is 39.6 Å². The average Bonchev–Trinajstić information content (AvgIpc) is 3.76. The first kappa shape index (κ1) is 29.1. The predicted octanol–water partition coefficient (Wildman–Crippen LogP) is 6.83. The summed E-state index contributed by atoms with van der Waals surface area (Å²) in [6.45, 7) is 0.0660. The number of aromatic amines is 1. The number of H-pyrrole nitrogens is 1. The molecule has 0 amide bonds. The predicted molar refractivity (Wildman–Crippen MR) is 178 cm³/mol. The van der Waals surface area contributed by atoms with Crippen LogP contribution in [0.5, 0.6) is 0 Å². The zero-order valence-corrected chi connectivity index (χ0v) is 25.2. The van der Waals surface area contributed by atoms with Crippen LogP contribution in [-0.2, 0) is 26.3 Å². The number of Topliss-reactive ketones (excluding diaryl/α,β-unsaturated/α-hetero) is 1. The highest BCUT2D eigenvalue weighted by atomic mass is 16.5. The molecule has 6 aromatic rings. The van der Waals surface area contributed by atoms with Crippen LogP contribution in [0.15, 0.2) is 152 Å².